The first kappa shape index (κ1) is 11.4. The van der Waals surface area contributed by atoms with Crippen molar-refractivity contribution in [1.29, 1.82) is 0 Å². The van der Waals surface area contributed by atoms with Crippen LogP contribution >= 0.6 is 22.9 Å². The fourth-order valence-corrected chi connectivity index (χ4v) is 4.29. The van der Waals surface area contributed by atoms with Crippen LogP contribution in [0.5, 0.6) is 0 Å². The Balaban J connectivity index is 2.17. The van der Waals surface area contributed by atoms with Crippen molar-refractivity contribution in [3.8, 4) is 0 Å². The molecule has 0 atom stereocenters. The van der Waals surface area contributed by atoms with Crippen LogP contribution in [-0.2, 0) is 10.0 Å². The Kier molecular flexibility index (Phi) is 3.07. The van der Waals surface area contributed by atoms with Crippen molar-refractivity contribution in [2.75, 3.05) is 13.6 Å². The molecule has 2 rings (SSSR count). The van der Waals surface area contributed by atoms with Gasteiger partial charge in [0, 0.05) is 13.6 Å². The van der Waals surface area contributed by atoms with Crippen molar-refractivity contribution in [2.45, 2.75) is 17.1 Å². The van der Waals surface area contributed by atoms with Gasteiger partial charge in [0.15, 0.2) is 0 Å². The molecule has 1 aromatic rings. The largest absolute Gasteiger partial charge is 0.252 e. The highest BCUT2D eigenvalue weighted by molar-refractivity contribution is 7.91. The molecule has 15 heavy (non-hydrogen) atoms. The quantitative estimate of drug-likeness (QED) is 0.839. The van der Waals surface area contributed by atoms with E-state index in [1.165, 1.54) is 4.31 Å². The van der Waals surface area contributed by atoms with Crippen LogP contribution in [0.3, 0.4) is 0 Å². The Morgan fingerprint density at radius 3 is 2.67 bits per heavy atom. The lowest BCUT2D eigenvalue weighted by atomic mass is 10.4. The van der Waals surface area contributed by atoms with E-state index in [0.29, 0.717) is 21.0 Å². The third-order valence-corrected chi connectivity index (χ3v) is 5.95. The Morgan fingerprint density at radius 1 is 1.53 bits per heavy atom. The molecule has 0 aliphatic heterocycles. The maximum atomic E-state index is 12.0. The van der Waals surface area contributed by atoms with Gasteiger partial charge >= 0.3 is 0 Å². The lowest BCUT2D eigenvalue weighted by Crippen LogP contribution is -2.28. The van der Waals surface area contributed by atoms with Gasteiger partial charge in [0.25, 0.3) is 10.0 Å². The Labute approximate surface area is 98.7 Å². The standard InChI is InChI=1S/C9H12ClNO2S2/c1-11(6-7-2-3-7)15(12,13)9-5-4-8(10)14-9/h4-5,7H,2-3,6H2,1H3. The van der Waals surface area contributed by atoms with E-state index in [1.807, 2.05) is 0 Å². The molecule has 1 saturated carbocycles. The monoisotopic (exact) mass is 265 g/mol. The maximum absolute atomic E-state index is 12.0. The average Bonchev–Trinajstić information content (AvgIpc) is 2.86. The third kappa shape index (κ3) is 2.53. The molecular formula is C9H12ClNO2S2. The van der Waals surface area contributed by atoms with Crippen LogP contribution in [0.15, 0.2) is 16.3 Å². The smallest absolute Gasteiger partial charge is 0.206 e. The predicted octanol–water partition coefficient (Wildman–Crippen LogP) is 2.43. The van der Waals surface area contributed by atoms with Gasteiger partial charge in [-0.15, -0.1) is 11.3 Å². The first-order chi connectivity index (χ1) is 7.00. The summed E-state index contributed by atoms with van der Waals surface area (Å²) >= 11 is 6.83. The van der Waals surface area contributed by atoms with Crippen LogP contribution in [0.25, 0.3) is 0 Å². The average molecular weight is 266 g/mol. The maximum Gasteiger partial charge on any atom is 0.252 e. The van der Waals surface area contributed by atoms with E-state index >= 15 is 0 Å². The molecule has 1 aromatic heterocycles. The van der Waals surface area contributed by atoms with Crippen LogP contribution < -0.4 is 0 Å². The van der Waals surface area contributed by atoms with E-state index < -0.39 is 10.0 Å². The van der Waals surface area contributed by atoms with Gasteiger partial charge in [0.1, 0.15) is 4.21 Å². The molecule has 0 bridgehead atoms. The fraction of sp³-hybridized carbons (Fsp3) is 0.556. The third-order valence-electron chi connectivity index (χ3n) is 2.43. The molecule has 1 heterocycles. The Bertz CT molecular complexity index is 450. The Morgan fingerprint density at radius 2 is 2.20 bits per heavy atom. The summed E-state index contributed by atoms with van der Waals surface area (Å²) in [6, 6.07) is 3.18. The van der Waals surface area contributed by atoms with Crippen molar-refractivity contribution in [3.05, 3.63) is 16.5 Å². The summed E-state index contributed by atoms with van der Waals surface area (Å²) in [5, 5.41) is 0. The van der Waals surface area contributed by atoms with Crippen molar-refractivity contribution >= 4 is 33.0 Å². The molecule has 1 fully saturated rings. The summed E-state index contributed by atoms with van der Waals surface area (Å²) in [6.07, 6.45) is 2.29. The van der Waals surface area contributed by atoms with Gasteiger partial charge in [0.2, 0.25) is 0 Å². The lowest BCUT2D eigenvalue weighted by molar-refractivity contribution is 0.454. The fourth-order valence-electron chi connectivity index (χ4n) is 1.35. The molecule has 0 unspecified atom stereocenters. The van der Waals surface area contributed by atoms with Crippen LogP contribution in [0.1, 0.15) is 12.8 Å². The van der Waals surface area contributed by atoms with Crippen LogP contribution in [0, 0.1) is 5.92 Å². The second kappa shape index (κ2) is 4.05. The van der Waals surface area contributed by atoms with E-state index in [9.17, 15) is 8.42 Å². The first-order valence-corrected chi connectivity index (χ1v) is 7.35. The molecule has 0 N–H and O–H groups in total. The zero-order valence-electron chi connectivity index (χ0n) is 8.31. The number of hydrogen-bond donors (Lipinski definition) is 0. The minimum absolute atomic E-state index is 0.329. The summed E-state index contributed by atoms with van der Waals surface area (Å²) in [5.41, 5.74) is 0. The van der Waals surface area contributed by atoms with Gasteiger partial charge in [-0.1, -0.05) is 11.6 Å². The van der Waals surface area contributed by atoms with E-state index in [4.69, 9.17) is 11.6 Å². The Hall–Kier alpha value is -0.100. The zero-order chi connectivity index (χ0) is 11.1. The number of sulfonamides is 1. The van der Waals surface area contributed by atoms with Gasteiger partial charge in [0.05, 0.1) is 4.34 Å². The molecule has 1 aliphatic carbocycles. The van der Waals surface area contributed by atoms with Crippen LogP contribution in [0.4, 0.5) is 0 Å². The zero-order valence-corrected chi connectivity index (χ0v) is 10.7. The molecule has 0 amide bonds. The molecular weight excluding hydrogens is 254 g/mol. The van der Waals surface area contributed by atoms with Crippen molar-refractivity contribution in [3.63, 3.8) is 0 Å². The number of rotatable bonds is 4. The van der Waals surface area contributed by atoms with Crippen LogP contribution in [-0.4, -0.2) is 26.3 Å². The lowest BCUT2D eigenvalue weighted by Gasteiger charge is -2.15. The van der Waals surface area contributed by atoms with Gasteiger partial charge in [-0.2, -0.15) is 4.31 Å². The highest BCUT2D eigenvalue weighted by Crippen LogP contribution is 2.32. The highest BCUT2D eigenvalue weighted by atomic mass is 35.5. The molecule has 3 nitrogen and oxygen atoms in total. The predicted molar refractivity (Wildman–Crippen MR) is 61.9 cm³/mol. The number of halogens is 1. The van der Waals surface area contributed by atoms with Gasteiger partial charge < -0.3 is 0 Å². The molecule has 0 aromatic carbocycles. The van der Waals surface area contributed by atoms with E-state index in [2.05, 4.69) is 0 Å². The number of thiophene rings is 1. The molecule has 0 spiro atoms. The van der Waals surface area contributed by atoms with E-state index in [-0.39, 0.29) is 0 Å². The summed E-state index contributed by atoms with van der Waals surface area (Å²) in [6.45, 7) is 0.623. The number of hydrogen-bond acceptors (Lipinski definition) is 3. The van der Waals surface area contributed by atoms with Crippen molar-refractivity contribution < 1.29 is 8.42 Å². The normalized spacial score (nSPS) is 17.3. The number of nitrogens with zero attached hydrogens (tertiary/aromatic N) is 1. The highest BCUT2D eigenvalue weighted by Gasteiger charge is 2.29. The topological polar surface area (TPSA) is 37.4 Å². The summed E-state index contributed by atoms with van der Waals surface area (Å²) in [7, 11) is -1.68. The minimum Gasteiger partial charge on any atom is -0.206 e. The summed E-state index contributed by atoms with van der Waals surface area (Å²) < 4.78 is 26.2. The second-order valence-corrected chi connectivity index (χ2v) is 7.77. The summed E-state index contributed by atoms with van der Waals surface area (Å²) in [5.74, 6) is 0.556. The van der Waals surface area contributed by atoms with E-state index in [0.717, 1.165) is 24.2 Å². The van der Waals surface area contributed by atoms with Crippen molar-refractivity contribution in [2.24, 2.45) is 5.92 Å². The van der Waals surface area contributed by atoms with Gasteiger partial charge in [-0.25, -0.2) is 8.42 Å². The molecule has 6 heteroatoms. The molecule has 0 radical (unpaired) electrons. The second-order valence-electron chi connectivity index (χ2n) is 3.79. The van der Waals surface area contributed by atoms with Crippen LogP contribution in [0.2, 0.25) is 4.34 Å². The van der Waals surface area contributed by atoms with Crippen molar-refractivity contribution in [1.82, 2.24) is 4.31 Å². The molecule has 1 aliphatic rings. The van der Waals surface area contributed by atoms with Gasteiger partial charge in [-0.3, -0.25) is 0 Å². The SMILES string of the molecule is CN(CC1CC1)S(=O)(=O)c1ccc(Cl)s1. The molecule has 0 saturated heterocycles. The minimum atomic E-state index is -3.31. The first-order valence-electron chi connectivity index (χ1n) is 4.72. The van der Waals surface area contributed by atoms with Gasteiger partial charge in [-0.05, 0) is 30.9 Å². The summed E-state index contributed by atoms with van der Waals surface area (Å²) in [4.78, 5) is 0. The molecule has 84 valence electrons. The van der Waals surface area contributed by atoms with E-state index in [1.54, 1.807) is 19.2 Å².